The molecule has 0 atom stereocenters. The monoisotopic (exact) mass is 239 g/mol. The van der Waals surface area contributed by atoms with Gasteiger partial charge >= 0.3 is 0 Å². The van der Waals surface area contributed by atoms with E-state index in [0.29, 0.717) is 6.54 Å². The first-order valence-electron chi connectivity index (χ1n) is 6.29. The van der Waals surface area contributed by atoms with Crippen molar-refractivity contribution in [1.29, 1.82) is 5.26 Å². The minimum atomic E-state index is -0.224. The largest absolute Gasteiger partial charge is 0.358 e. The van der Waals surface area contributed by atoms with E-state index in [1.165, 1.54) is 0 Å². The van der Waals surface area contributed by atoms with E-state index in [2.05, 4.69) is 23.2 Å². The topological polar surface area (TPSA) is 56.1 Å². The summed E-state index contributed by atoms with van der Waals surface area (Å²) in [5, 5.41) is 11.5. The van der Waals surface area contributed by atoms with Gasteiger partial charge in [-0.3, -0.25) is 9.69 Å². The number of amides is 1. The fraction of sp³-hybridized carbons (Fsp3) is 0.846. The first-order chi connectivity index (χ1) is 7.95. The Bertz CT molecular complexity index is 268. The first kappa shape index (κ1) is 15.9. The molecule has 98 valence electrons. The van der Waals surface area contributed by atoms with E-state index in [1.54, 1.807) is 7.05 Å². The first-order valence-corrected chi connectivity index (χ1v) is 6.29. The molecule has 0 rings (SSSR count). The van der Waals surface area contributed by atoms with Crippen LogP contribution in [0.1, 0.15) is 40.0 Å². The van der Waals surface area contributed by atoms with Crippen LogP contribution in [0.15, 0.2) is 0 Å². The number of unbranched alkanes of at least 4 members (excludes halogenated alkanes) is 1. The van der Waals surface area contributed by atoms with Gasteiger partial charge in [-0.2, -0.15) is 5.26 Å². The summed E-state index contributed by atoms with van der Waals surface area (Å²) in [7, 11) is 1.66. The number of nitriles is 1. The summed E-state index contributed by atoms with van der Waals surface area (Å²) >= 11 is 0. The molecule has 0 aliphatic carbocycles. The second kappa shape index (κ2) is 8.08. The van der Waals surface area contributed by atoms with E-state index in [9.17, 15) is 4.79 Å². The third-order valence-corrected chi connectivity index (χ3v) is 2.92. The van der Waals surface area contributed by atoms with Crippen molar-refractivity contribution in [3.63, 3.8) is 0 Å². The Labute approximate surface area is 105 Å². The highest BCUT2D eigenvalue weighted by Crippen LogP contribution is 2.21. The lowest BCUT2D eigenvalue weighted by Gasteiger charge is -2.20. The fourth-order valence-electron chi connectivity index (χ4n) is 1.59. The van der Waals surface area contributed by atoms with E-state index < -0.39 is 0 Å². The molecule has 0 aliphatic heterocycles. The van der Waals surface area contributed by atoms with Crippen molar-refractivity contribution in [2.75, 3.05) is 26.7 Å². The lowest BCUT2D eigenvalue weighted by atomic mass is 9.89. The number of carbonyl (C=O) groups is 1. The normalized spacial score (nSPS) is 11.3. The van der Waals surface area contributed by atoms with Crippen LogP contribution in [0.2, 0.25) is 0 Å². The molecule has 0 bridgehead atoms. The summed E-state index contributed by atoms with van der Waals surface area (Å²) in [6, 6.07) is 2.31. The molecule has 0 radical (unpaired) electrons. The third-order valence-electron chi connectivity index (χ3n) is 2.92. The summed E-state index contributed by atoms with van der Waals surface area (Å²) < 4.78 is 0. The molecule has 0 aromatic heterocycles. The molecule has 0 unspecified atom stereocenters. The van der Waals surface area contributed by atoms with Gasteiger partial charge in [0.25, 0.3) is 0 Å². The van der Waals surface area contributed by atoms with Crippen LogP contribution in [0.4, 0.5) is 0 Å². The number of hydrogen-bond donors (Lipinski definition) is 1. The fourth-order valence-corrected chi connectivity index (χ4v) is 1.59. The van der Waals surface area contributed by atoms with Gasteiger partial charge in [-0.1, -0.05) is 13.3 Å². The van der Waals surface area contributed by atoms with E-state index in [0.717, 1.165) is 32.4 Å². The molecule has 0 aromatic carbocycles. The van der Waals surface area contributed by atoms with Crippen LogP contribution in [0.5, 0.6) is 0 Å². The summed E-state index contributed by atoms with van der Waals surface area (Å²) in [5.74, 6) is 0.0594. The highest BCUT2D eigenvalue weighted by atomic mass is 16.1. The minimum Gasteiger partial charge on any atom is -0.358 e. The number of nitrogens with one attached hydrogen (secondary N) is 1. The zero-order valence-corrected chi connectivity index (χ0v) is 11.5. The maximum atomic E-state index is 11.2. The van der Waals surface area contributed by atoms with Gasteiger partial charge in [-0.05, 0) is 39.8 Å². The van der Waals surface area contributed by atoms with Crippen molar-refractivity contribution < 1.29 is 4.79 Å². The van der Waals surface area contributed by atoms with Crippen LogP contribution in [0.3, 0.4) is 0 Å². The molecule has 4 heteroatoms. The molecule has 0 aromatic rings. The SMILES string of the molecule is CCN(CCCCC(C)(C)C#N)CC(=O)NC. The summed E-state index contributed by atoms with van der Waals surface area (Å²) in [5.41, 5.74) is -0.224. The van der Waals surface area contributed by atoms with Crippen molar-refractivity contribution in [3.05, 3.63) is 0 Å². The second-order valence-corrected chi connectivity index (χ2v) is 4.99. The summed E-state index contributed by atoms with van der Waals surface area (Å²) in [4.78, 5) is 13.3. The van der Waals surface area contributed by atoms with Gasteiger partial charge < -0.3 is 5.32 Å². The Hall–Kier alpha value is -1.08. The van der Waals surface area contributed by atoms with E-state index in [4.69, 9.17) is 5.26 Å². The Morgan fingerprint density at radius 3 is 2.53 bits per heavy atom. The van der Waals surface area contributed by atoms with Crippen LogP contribution in [-0.4, -0.2) is 37.5 Å². The van der Waals surface area contributed by atoms with Gasteiger partial charge in [0.1, 0.15) is 0 Å². The molecule has 0 fully saturated rings. The standard InChI is InChI=1S/C13H25N3O/c1-5-16(10-12(17)15-4)9-7-6-8-13(2,3)11-14/h5-10H2,1-4H3,(H,15,17). The molecule has 1 N–H and O–H groups in total. The van der Waals surface area contributed by atoms with Gasteiger partial charge in [0.05, 0.1) is 18.0 Å². The number of likely N-dealkylation sites (N-methyl/N-ethyl adjacent to an activating group) is 2. The van der Waals surface area contributed by atoms with Crippen molar-refractivity contribution in [2.24, 2.45) is 5.41 Å². The van der Waals surface area contributed by atoms with E-state index >= 15 is 0 Å². The van der Waals surface area contributed by atoms with Crippen molar-refractivity contribution >= 4 is 5.91 Å². The predicted octanol–water partition coefficient (Wildman–Crippen LogP) is 1.77. The Balaban J connectivity index is 3.78. The number of carbonyl (C=O) groups excluding carboxylic acids is 1. The Kier molecular flexibility index (Phi) is 7.56. The number of nitrogens with zero attached hydrogens (tertiary/aromatic N) is 2. The quantitative estimate of drug-likeness (QED) is 0.657. The van der Waals surface area contributed by atoms with Gasteiger partial charge in [0.15, 0.2) is 0 Å². The predicted molar refractivity (Wildman–Crippen MR) is 69.4 cm³/mol. The lowest BCUT2D eigenvalue weighted by Crippen LogP contribution is -2.36. The molecule has 0 heterocycles. The zero-order chi connectivity index (χ0) is 13.3. The van der Waals surface area contributed by atoms with Crippen molar-refractivity contribution in [1.82, 2.24) is 10.2 Å². The van der Waals surface area contributed by atoms with Gasteiger partial charge in [0.2, 0.25) is 5.91 Å². The number of rotatable bonds is 8. The molecule has 4 nitrogen and oxygen atoms in total. The van der Waals surface area contributed by atoms with E-state index in [-0.39, 0.29) is 11.3 Å². The van der Waals surface area contributed by atoms with Crippen LogP contribution in [0, 0.1) is 16.7 Å². The van der Waals surface area contributed by atoms with Gasteiger partial charge in [-0.25, -0.2) is 0 Å². The van der Waals surface area contributed by atoms with Crippen LogP contribution < -0.4 is 5.32 Å². The highest BCUT2D eigenvalue weighted by molar-refractivity contribution is 5.77. The maximum absolute atomic E-state index is 11.2. The van der Waals surface area contributed by atoms with Crippen LogP contribution >= 0.6 is 0 Å². The Morgan fingerprint density at radius 1 is 1.41 bits per heavy atom. The molecule has 0 saturated carbocycles. The van der Waals surface area contributed by atoms with E-state index in [1.807, 2.05) is 13.8 Å². The molecular formula is C13H25N3O. The molecule has 0 aliphatic rings. The maximum Gasteiger partial charge on any atom is 0.233 e. The molecule has 1 amide bonds. The van der Waals surface area contributed by atoms with Gasteiger partial charge in [0, 0.05) is 7.05 Å². The minimum absolute atomic E-state index is 0.0594. The second-order valence-electron chi connectivity index (χ2n) is 4.99. The smallest absolute Gasteiger partial charge is 0.233 e. The summed E-state index contributed by atoms with van der Waals surface area (Å²) in [6.07, 6.45) is 2.99. The molecule has 0 spiro atoms. The lowest BCUT2D eigenvalue weighted by molar-refractivity contribution is -0.121. The molecule has 17 heavy (non-hydrogen) atoms. The average Bonchev–Trinajstić information content (AvgIpc) is 2.32. The summed E-state index contributed by atoms with van der Waals surface area (Å²) in [6.45, 7) is 8.27. The van der Waals surface area contributed by atoms with Crippen LogP contribution in [0.25, 0.3) is 0 Å². The zero-order valence-electron chi connectivity index (χ0n) is 11.5. The van der Waals surface area contributed by atoms with Gasteiger partial charge in [-0.15, -0.1) is 0 Å². The van der Waals surface area contributed by atoms with Crippen LogP contribution in [-0.2, 0) is 4.79 Å². The number of hydrogen-bond acceptors (Lipinski definition) is 3. The highest BCUT2D eigenvalue weighted by Gasteiger charge is 2.16. The third kappa shape index (κ3) is 7.76. The van der Waals surface area contributed by atoms with Crippen molar-refractivity contribution in [3.8, 4) is 6.07 Å². The molecule has 0 saturated heterocycles. The average molecular weight is 239 g/mol. The Morgan fingerprint density at radius 2 is 2.06 bits per heavy atom. The van der Waals surface area contributed by atoms with Crippen molar-refractivity contribution in [2.45, 2.75) is 40.0 Å². The molecular weight excluding hydrogens is 214 g/mol.